The summed E-state index contributed by atoms with van der Waals surface area (Å²) >= 11 is 0. The Morgan fingerprint density at radius 2 is 0.683 bits per heavy atom. The molecule has 0 bridgehead atoms. The molecule has 1 heterocycles. The third-order valence-corrected chi connectivity index (χ3v) is 23.6. The summed E-state index contributed by atoms with van der Waals surface area (Å²) < 4.78 is 0. The monoisotopic (exact) mass is 839 g/mol. The van der Waals surface area contributed by atoms with Gasteiger partial charge in [0.05, 0.1) is 19.5 Å². The predicted octanol–water partition coefficient (Wildman–Crippen LogP) is 17.1. The van der Waals surface area contributed by atoms with Crippen LogP contribution in [0.4, 0.5) is 0 Å². The van der Waals surface area contributed by atoms with Gasteiger partial charge < -0.3 is 0 Å². The first-order valence-corrected chi connectivity index (χ1v) is 26.6. The maximum absolute atomic E-state index is 5.36. The molecule has 10 rings (SSSR count). The van der Waals surface area contributed by atoms with Gasteiger partial charge in [0.15, 0.2) is 0 Å². The van der Waals surface area contributed by atoms with Gasteiger partial charge in [-0.2, -0.15) is 0 Å². The van der Waals surface area contributed by atoms with E-state index in [1.54, 1.807) is 0 Å². The molecule has 3 saturated carbocycles. The lowest BCUT2D eigenvalue weighted by Crippen LogP contribution is -2.57. The summed E-state index contributed by atoms with van der Waals surface area (Å²) in [4.78, 5) is 5.36. The van der Waals surface area contributed by atoms with Crippen LogP contribution in [0.15, 0.2) is 140 Å². The van der Waals surface area contributed by atoms with Gasteiger partial charge in [-0.15, -0.1) is 0 Å². The predicted molar refractivity (Wildman–Crippen MR) is 273 cm³/mol. The zero-order valence-corrected chi connectivity index (χ0v) is 39.4. The number of hydrogen-bond acceptors (Lipinski definition) is 1. The van der Waals surface area contributed by atoms with Gasteiger partial charge >= 0.3 is 0 Å². The second-order valence-corrected chi connectivity index (χ2v) is 24.6. The van der Waals surface area contributed by atoms with Gasteiger partial charge in [0.25, 0.3) is 0 Å². The van der Waals surface area contributed by atoms with Gasteiger partial charge in [-0.25, -0.2) is 4.98 Å². The number of nitrogens with zero attached hydrogens (tertiary/aromatic N) is 1. The van der Waals surface area contributed by atoms with E-state index in [1.165, 1.54) is 155 Å². The van der Waals surface area contributed by atoms with Gasteiger partial charge in [0.1, 0.15) is 0 Å². The summed E-state index contributed by atoms with van der Waals surface area (Å²) in [6.07, 6.45) is 17.7. The Morgan fingerprint density at radius 3 is 1.13 bits per heavy atom. The lowest BCUT2D eigenvalue weighted by Gasteiger charge is -2.48. The third kappa shape index (κ3) is 7.77. The normalized spacial score (nSPS) is 16.3. The highest BCUT2D eigenvalue weighted by atomic mass is 28.3. The van der Waals surface area contributed by atoms with Crippen molar-refractivity contribution in [3.05, 3.63) is 167 Å². The van der Waals surface area contributed by atoms with Crippen LogP contribution in [0.25, 0.3) is 67.0 Å². The van der Waals surface area contributed by atoms with Crippen LogP contribution in [0.5, 0.6) is 0 Å². The van der Waals surface area contributed by atoms with Crippen molar-refractivity contribution in [3.8, 4) is 67.0 Å². The van der Waals surface area contributed by atoms with Crippen molar-refractivity contribution in [2.75, 3.05) is 0 Å². The van der Waals surface area contributed by atoms with E-state index in [4.69, 9.17) is 4.98 Å². The zero-order valence-electron chi connectivity index (χ0n) is 38.4. The molecule has 3 fully saturated rings. The fourth-order valence-electron chi connectivity index (χ4n) is 13.0. The van der Waals surface area contributed by atoms with Crippen molar-refractivity contribution in [1.29, 1.82) is 0 Å². The van der Waals surface area contributed by atoms with Gasteiger partial charge in [-0.05, 0) is 154 Å². The Balaban J connectivity index is 1.00. The van der Waals surface area contributed by atoms with Crippen molar-refractivity contribution in [2.24, 2.45) is 0 Å². The van der Waals surface area contributed by atoms with E-state index in [2.05, 4.69) is 174 Å². The minimum atomic E-state index is -1.75. The molecule has 0 aliphatic heterocycles. The van der Waals surface area contributed by atoms with Crippen molar-refractivity contribution in [3.63, 3.8) is 0 Å². The molecule has 1 aromatic heterocycles. The number of hydrogen-bond donors (Lipinski definition) is 0. The van der Waals surface area contributed by atoms with Crippen molar-refractivity contribution in [2.45, 2.75) is 128 Å². The Hall–Kier alpha value is -5.31. The topological polar surface area (TPSA) is 12.9 Å². The van der Waals surface area contributed by atoms with Crippen molar-refractivity contribution >= 4 is 13.3 Å². The molecule has 0 atom stereocenters. The average Bonchev–Trinajstić information content (AvgIpc) is 4.19. The largest absolute Gasteiger partial charge is 0.248 e. The van der Waals surface area contributed by atoms with Crippen LogP contribution in [0, 0.1) is 34.6 Å². The van der Waals surface area contributed by atoms with Gasteiger partial charge in [-0.3, -0.25) is 0 Å². The van der Waals surface area contributed by atoms with E-state index < -0.39 is 8.07 Å². The summed E-state index contributed by atoms with van der Waals surface area (Å²) in [6.45, 7) is 11.3. The van der Waals surface area contributed by atoms with Crippen molar-refractivity contribution in [1.82, 2.24) is 4.98 Å². The average molecular weight is 840 g/mol. The Labute approximate surface area is 379 Å². The molecule has 0 saturated heterocycles. The molecule has 63 heavy (non-hydrogen) atoms. The van der Waals surface area contributed by atoms with Crippen LogP contribution in [-0.4, -0.2) is 13.1 Å². The first-order valence-electron chi connectivity index (χ1n) is 24.4. The third-order valence-electron chi connectivity index (χ3n) is 16.5. The number of pyridine rings is 1. The highest BCUT2D eigenvalue weighted by molar-refractivity contribution is 6.95. The quantitative estimate of drug-likeness (QED) is 0.125. The molecule has 0 spiro atoms. The lowest BCUT2D eigenvalue weighted by atomic mass is 9.87. The highest BCUT2D eigenvalue weighted by Gasteiger charge is 2.55. The first-order chi connectivity index (χ1) is 30.8. The molecular formula is C61H65NSi. The van der Waals surface area contributed by atoms with E-state index >= 15 is 0 Å². The van der Waals surface area contributed by atoms with E-state index in [-0.39, 0.29) is 0 Å². The summed E-state index contributed by atoms with van der Waals surface area (Å²) in [6, 6.07) is 53.1. The molecule has 7 aromatic rings. The van der Waals surface area contributed by atoms with Gasteiger partial charge in [0.2, 0.25) is 0 Å². The van der Waals surface area contributed by atoms with Crippen LogP contribution in [0.2, 0.25) is 16.6 Å². The summed E-state index contributed by atoms with van der Waals surface area (Å²) in [5.41, 5.74) is 24.2. The highest BCUT2D eigenvalue weighted by Crippen LogP contribution is 2.58. The van der Waals surface area contributed by atoms with E-state index in [0.29, 0.717) is 0 Å². The summed E-state index contributed by atoms with van der Waals surface area (Å²) in [7, 11) is -1.75. The molecule has 3 aliphatic rings. The van der Waals surface area contributed by atoms with E-state index in [1.807, 2.05) is 5.19 Å². The first kappa shape index (κ1) is 41.7. The van der Waals surface area contributed by atoms with Crippen LogP contribution in [-0.2, 0) is 0 Å². The minimum absolute atomic E-state index is 0.980. The molecule has 3 aliphatic carbocycles. The Morgan fingerprint density at radius 1 is 0.333 bits per heavy atom. The fourth-order valence-corrected chi connectivity index (χ4v) is 21.3. The minimum Gasteiger partial charge on any atom is -0.248 e. The van der Waals surface area contributed by atoms with Gasteiger partial charge in [-0.1, -0.05) is 191 Å². The molecular weight excluding hydrogens is 775 g/mol. The smallest absolute Gasteiger partial charge is 0.0958 e. The van der Waals surface area contributed by atoms with Crippen molar-refractivity contribution < 1.29 is 0 Å². The van der Waals surface area contributed by atoms with Crippen LogP contribution in [0.3, 0.4) is 0 Å². The van der Waals surface area contributed by atoms with Crippen LogP contribution in [0.1, 0.15) is 105 Å². The number of aromatic nitrogens is 1. The van der Waals surface area contributed by atoms with E-state index in [9.17, 15) is 0 Å². The van der Waals surface area contributed by atoms with Crippen LogP contribution < -0.4 is 5.19 Å². The number of benzene rings is 6. The Kier molecular flexibility index (Phi) is 11.7. The molecule has 1 nitrogen and oxygen atoms in total. The maximum atomic E-state index is 5.36. The number of rotatable bonds is 10. The van der Waals surface area contributed by atoms with Crippen LogP contribution >= 0.6 is 0 Å². The SMILES string of the molecule is Cc1c(C)c(C)c(-c2cc(-c3cccc(-c4cccc(-c5cccc(-c6cccc([Si](C7CCCC7)(C7CCCC7)C7CCCC7)c6)c5)c4)c3)cc(-c3ccccc3)n2)c(C)c1C. The molecule has 0 N–H and O–H groups in total. The Bertz CT molecular complexity index is 2690. The van der Waals surface area contributed by atoms with E-state index in [0.717, 1.165) is 33.6 Å². The lowest BCUT2D eigenvalue weighted by molar-refractivity contribution is 0.688. The molecule has 318 valence electrons. The molecule has 0 unspecified atom stereocenters. The standard InChI is InChI=1S/C61H65NSi/c1-41-42(2)44(4)61(45(5)43(41)3)60-40-54(39-59(62-60)46-19-7-6-8-20-46)52-26-17-24-50(37-52)48-22-15-21-47(35-48)49-23-16-25-51(36-49)53-27-18-34-58(38-53)63(55-28-9-10-29-55,56-30-11-12-31-56)57-32-13-14-33-57/h6-8,15-27,34-40,55-57H,9-14,28-33H2,1-5H3. The second-order valence-electron chi connectivity index (χ2n) is 19.7. The van der Waals surface area contributed by atoms with Gasteiger partial charge in [0, 0.05) is 11.1 Å². The maximum Gasteiger partial charge on any atom is 0.0958 e. The second kappa shape index (κ2) is 17.7. The zero-order chi connectivity index (χ0) is 43.1. The molecule has 2 heteroatoms. The molecule has 0 radical (unpaired) electrons. The summed E-state index contributed by atoms with van der Waals surface area (Å²) in [5, 5.41) is 1.81. The molecule has 0 amide bonds. The summed E-state index contributed by atoms with van der Waals surface area (Å²) in [5.74, 6) is 0. The fraction of sp³-hybridized carbons (Fsp3) is 0.328. The molecule has 6 aromatic carbocycles.